The number of hydrogen-bond donors (Lipinski definition) is 0. The molecule has 0 spiro atoms. The Morgan fingerprint density at radius 3 is 2.94 bits per heavy atom. The van der Waals surface area contributed by atoms with Gasteiger partial charge in [0.1, 0.15) is 6.54 Å². The maximum Gasteiger partial charge on any atom is 0.350 e. The standard InChI is InChI=1S/C11H11N3O2/c15-9(8-4-5-8)7-14-11(16)13-6-2-1-3-10(13)12-14/h1-3,6,8H,4-5,7H2. The Morgan fingerprint density at radius 1 is 1.44 bits per heavy atom. The number of carbonyl (C=O) groups is 1. The van der Waals surface area contributed by atoms with Crippen molar-refractivity contribution in [2.45, 2.75) is 19.4 Å². The maximum absolute atomic E-state index is 11.8. The monoisotopic (exact) mass is 217 g/mol. The lowest BCUT2D eigenvalue weighted by atomic mass is 10.3. The summed E-state index contributed by atoms with van der Waals surface area (Å²) in [4.78, 5) is 23.4. The van der Waals surface area contributed by atoms with Crippen LogP contribution in [0.4, 0.5) is 0 Å². The number of aromatic nitrogens is 3. The molecule has 0 atom stereocenters. The van der Waals surface area contributed by atoms with E-state index >= 15 is 0 Å². The molecule has 0 bridgehead atoms. The van der Waals surface area contributed by atoms with E-state index in [4.69, 9.17) is 0 Å². The van der Waals surface area contributed by atoms with Crippen molar-refractivity contribution in [1.82, 2.24) is 14.2 Å². The molecule has 2 heterocycles. The van der Waals surface area contributed by atoms with Crippen molar-refractivity contribution in [3.63, 3.8) is 0 Å². The van der Waals surface area contributed by atoms with Gasteiger partial charge in [0.2, 0.25) is 0 Å². The van der Waals surface area contributed by atoms with Gasteiger partial charge in [-0.3, -0.25) is 9.20 Å². The van der Waals surface area contributed by atoms with E-state index in [9.17, 15) is 9.59 Å². The summed E-state index contributed by atoms with van der Waals surface area (Å²) in [5.74, 6) is 0.280. The third-order valence-corrected chi connectivity index (χ3v) is 2.83. The summed E-state index contributed by atoms with van der Waals surface area (Å²) in [6, 6.07) is 5.33. The van der Waals surface area contributed by atoms with Crippen LogP contribution < -0.4 is 5.69 Å². The number of fused-ring (bicyclic) bond motifs is 1. The number of nitrogens with zero attached hydrogens (tertiary/aromatic N) is 3. The molecule has 0 saturated heterocycles. The van der Waals surface area contributed by atoms with Gasteiger partial charge < -0.3 is 0 Å². The molecule has 0 unspecified atom stereocenters. The number of rotatable bonds is 3. The molecule has 0 radical (unpaired) electrons. The largest absolute Gasteiger partial charge is 0.350 e. The number of pyridine rings is 1. The van der Waals surface area contributed by atoms with E-state index in [0.717, 1.165) is 12.8 Å². The molecule has 1 aliphatic rings. The van der Waals surface area contributed by atoms with Crippen LogP contribution in [-0.4, -0.2) is 20.0 Å². The second-order valence-corrected chi connectivity index (χ2v) is 4.11. The van der Waals surface area contributed by atoms with Crippen LogP contribution >= 0.6 is 0 Å². The molecule has 16 heavy (non-hydrogen) atoms. The lowest BCUT2D eigenvalue weighted by Gasteiger charge is -1.95. The Kier molecular flexibility index (Phi) is 1.92. The van der Waals surface area contributed by atoms with Crippen LogP contribution in [-0.2, 0) is 11.3 Å². The zero-order valence-corrected chi connectivity index (χ0v) is 8.67. The Morgan fingerprint density at radius 2 is 2.25 bits per heavy atom. The van der Waals surface area contributed by atoms with Crippen molar-refractivity contribution >= 4 is 11.4 Å². The molecule has 1 aliphatic carbocycles. The molecule has 0 amide bonds. The van der Waals surface area contributed by atoms with Crippen molar-refractivity contribution in [3.05, 3.63) is 34.9 Å². The van der Waals surface area contributed by atoms with Crippen molar-refractivity contribution in [2.24, 2.45) is 5.92 Å². The van der Waals surface area contributed by atoms with Gasteiger partial charge in [0.05, 0.1) is 0 Å². The summed E-state index contributed by atoms with van der Waals surface area (Å²) in [7, 11) is 0. The highest BCUT2D eigenvalue weighted by Gasteiger charge is 2.30. The van der Waals surface area contributed by atoms with Gasteiger partial charge in [-0.05, 0) is 25.0 Å². The summed E-state index contributed by atoms with van der Waals surface area (Å²) in [6.07, 6.45) is 3.57. The highest BCUT2D eigenvalue weighted by Crippen LogP contribution is 2.29. The van der Waals surface area contributed by atoms with Crippen LogP contribution in [0.1, 0.15) is 12.8 Å². The van der Waals surface area contributed by atoms with Gasteiger partial charge >= 0.3 is 5.69 Å². The van der Waals surface area contributed by atoms with Crippen molar-refractivity contribution < 1.29 is 4.79 Å². The summed E-state index contributed by atoms with van der Waals surface area (Å²) >= 11 is 0. The second-order valence-electron chi connectivity index (χ2n) is 4.11. The average molecular weight is 217 g/mol. The van der Waals surface area contributed by atoms with Crippen molar-refractivity contribution in [1.29, 1.82) is 0 Å². The smallest absolute Gasteiger partial charge is 0.297 e. The minimum atomic E-state index is -0.246. The van der Waals surface area contributed by atoms with Gasteiger partial charge in [-0.15, -0.1) is 5.10 Å². The fourth-order valence-corrected chi connectivity index (χ4v) is 1.75. The quantitative estimate of drug-likeness (QED) is 0.751. The zero-order valence-electron chi connectivity index (χ0n) is 8.67. The topological polar surface area (TPSA) is 56.4 Å². The summed E-state index contributed by atoms with van der Waals surface area (Å²) in [6.45, 7) is 0.102. The van der Waals surface area contributed by atoms with Crippen LogP contribution in [0.5, 0.6) is 0 Å². The van der Waals surface area contributed by atoms with Crippen LogP contribution in [0.2, 0.25) is 0 Å². The predicted octanol–water partition coefficient (Wildman–Crippen LogP) is 0.475. The molecule has 5 nitrogen and oxygen atoms in total. The summed E-state index contributed by atoms with van der Waals surface area (Å²) in [5.41, 5.74) is 0.334. The van der Waals surface area contributed by atoms with Gasteiger partial charge in [-0.1, -0.05) is 6.07 Å². The Hall–Kier alpha value is -1.91. The number of hydrogen-bond acceptors (Lipinski definition) is 3. The molecule has 1 fully saturated rings. The molecule has 82 valence electrons. The number of ketones is 1. The number of Topliss-reactive ketones (excluding diaryl/α,β-unsaturated/α-hetero) is 1. The Bertz CT molecular complexity index is 607. The van der Waals surface area contributed by atoms with E-state index < -0.39 is 0 Å². The van der Waals surface area contributed by atoms with Crippen molar-refractivity contribution in [2.75, 3.05) is 0 Å². The molecule has 0 aromatic carbocycles. The summed E-state index contributed by atoms with van der Waals surface area (Å²) < 4.78 is 2.69. The predicted molar refractivity (Wildman–Crippen MR) is 57.2 cm³/mol. The first kappa shape index (κ1) is 9.33. The van der Waals surface area contributed by atoms with Gasteiger partial charge in [-0.2, -0.15) is 0 Å². The molecular formula is C11H11N3O2. The minimum absolute atomic E-state index is 0.102. The fourth-order valence-electron chi connectivity index (χ4n) is 1.75. The maximum atomic E-state index is 11.8. The van der Waals surface area contributed by atoms with E-state index in [1.807, 2.05) is 6.07 Å². The van der Waals surface area contributed by atoms with Crippen molar-refractivity contribution in [3.8, 4) is 0 Å². The molecule has 2 aromatic heterocycles. The van der Waals surface area contributed by atoms with E-state index in [1.54, 1.807) is 18.3 Å². The fraction of sp³-hybridized carbons (Fsp3) is 0.364. The van der Waals surface area contributed by atoms with Gasteiger partial charge in [0.15, 0.2) is 11.4 Å². The summed E-state index contributed by atoms with van der Waals surface area (Å²) in [5, 5.41) is 4.11. The first-order valence-electron chi connectivity index (χ1n) is 5.32. The Labute approximate surface area is 91.3 Å². The van der Waals surface area contributed by atoms with Gasteiger partial charge in [0.25, 0.3) is 0 Å². The molecule has 0 N–H and O–H groups in total. The highest BCUT2D eigenvalue weighted by molar-refractivity contribution is 5.82. The van der Waals surface area contributed by atoms with E-state index in [1.165, 1.54) is 9.08 Å². The lowest BCUT2D eigenvalue weighted by molar-refractivity contribution is -0.121. The molecule has 0 aliphatic heterocycles. The van der Waals surface area contributed by atoms with Crippen LogP contribution in [0.3, 0.4) is 0 Å². The van der Waals surface area contributed by atoms with E-state index in [2.05, 4.69) is 5.10 Å². The lowest BCUT2D eigenvalue weighted by Crippen LogP contribution is -2.25. The van der Waals surface area contributed by atoms with Gasteiger partial charge in [-0.25, -0.2) is 9.48 Å². The van der Waals surface area contributed by atoms with Crippen LogP contribution in [0, 0.1) is 5.92 Å². The Balaban J connectivity index is 2.00. The molecule has 3 rings (SSSR count). The second kappa shape index (κ2) is 3.30. The molecule has 2 aromatic rings. The zero-order chi connectivity index (χ0) is 11.1. The average Bonchev–Trinajstić information content (AvgIpc) is 3.08. The SMILES string of the molecule is O=C(Cn1nc2ccccn2c1=O)C1CC1. The molecular weight excluding hydrogens is 206 g/mol. The highest BCUT2D eigenvalue weighted by atomic mass is 16.2. The van der Waals surface area contributed by atoms with E-state index in [-0.39, 0.29) is 23.9 Å². The normalized spacial score (nSPS) is 15.5. The third kappa shape index (κ3) is 1.44. The van der Waals surface area contributed by atoms with Crippen LogP contribution in [0.25, 0.3) is 5.65 Å². The third-order valence-electron chi connectivity index (χ3n) is 2.83. The first-order chi connectivity index (χ1) is 7.75. The van der Waals surface area contributed by atoms with Crippen LogP contribution in [0.15, 0.2) is 29.2 Å². The first-order valence-corrected chi connectivity index (χ1v) is 5.32. The number of carbonyl (C=O) groups excluding carboxylic acids is 1. The molecule has 1 saturated carbocycles. The van der Waals surface area contributed by atoms with E-state index in [0.29, 0.717) is 5.65 Å². The molecule has 5 heteroatoms. The van der Waals surface area contributed by atoms with Gasteiger partial charge in [0, 0.05) is 12.1 Å². The minimum Gasteiger partial charge on any atom is -0.297 e.